The van der Waals surface area contributed by atoms with Crippen molar-refractivity contribution in [3.8, 4) is 0 Å². The minimum Gasteiger partial charge on any atom is -0.348 e. The van der Waals surface area contributed by atoms with E-state index >= 15 is 0 Å². The van der Waals surface area contributed by atoms with Crippen LogP contribution in [0.25, 0.3) is 0 Å². The van der Waals surface area contributed by atoms with Crippen molar-refractivity contribution in [3.05, 3.63) is 16.4 Å². The Hall–Kier alpha value is -0.600. The molecule has 0 aliphatic carbocycles. The molecular weight excluding hydrogens is 317 g/mol. The van der Waals surface area contributed by atoms with Crippen LogP contribution >= 0.6 is 15.9 Å². The van der Waals surface area contributed by atoms with Gasteiger partial charge in [-0.15, -0.1) is 0 Å². The van der Waals surface area contributed by atoms with Crippen molar-refractivity contribution >= 4 is 15.9 Å². The van der Waals surface area contributed by atoms with Gasteiger partial charge in [-0.1, -0.05) is 0 Å². The van der Waals surface area contributed by atoms with Crippen molar-refractivity contribution in [2.45, 2.75) is 38.5 Å². The van der Waals surface area contributed by atoms with Gasteiger partial charge in [0.25, 0.3) is 0 Å². The Balaban J connectivity index is 2.16. The molecule has 4 nitrogen and oxygen atoms in total. The highest BCUT2D eigenvalue weighted by molar-refractivity contribution is 9.10. The maximum Gasteiger partial charge on any atom is 0.434 e. The molecule has 1 fully saturated rings. The lowest BCUT2D eigenvalue weighted by molar-refractivity contribution is -0.149. The highest BCUT2D eigenvalue weighted by Crippen LogP contribution is 2.35. The lowest BCUT2D eigenvalue weighted by Gasteiger charge is -2.18. The predicted octanol–water partition coefficient (Wildman–Crippen LogP) is 2.82. The van der Waals surface area contributed by atoms with Crippen molar-refractivity contribution in [1.82, 2.24) is 9.78 Å². The second-order valence-electron chi connectivity index (χ2n) is 4.47. The molecule has 0 N–H and O–H groups in total. The van der Waals surface area contributed by atoms with Gasteiger partial charge >= 0.3 is 6.18 Å². The van der Waals surface area contributed by atoms with Gasteiger partial charge < -0.3 is 9.47 Å². The zero-order chi connectivity index (χ0) is 13.6. The van der Waals surface area contributed by atoms with Crippen LogP contribution in [-0.2, 0) is 22.2 Å². The zero-order valence-electron chi connectivity index (χ0n) is 9.79. The van der Waals surface area contributed by atoms with Gasteiger partial charge in [0.05, 0.1) is 23.8 Å². The molecule has 0 bridgehead atoms. The highest BCUT2D eigenvalue weighted by atomic mass is 79.9. The van der Waals surface area contributed by atoms with Crippen molar-refractivity contribution in [3.63, 3.8) is 0 Å². The smallest absolute Gasteiger partial charge is 0.348 e. The minimum atomic E-state index is -4.45. The van der Waals surface area contributed by atoms with Crippen LogP contribution in [0.4, 0.5) is 13.2 Å². The van der Waals surface area contributed by atoms with Crippen LogP contribution in [0.15, 0.2) is 10.7 Å². The summed E-state index contributed by atoms with van der Waals surface area (Å²) in [6, 6.07) is 0. The molecule has 1 aliphatic rings. The second-order valence-corrected chi connectivity index (χ2v) is 5.33. The van der Waals surface area contributed by atoms with E-state index in [-0.39, 0.29) is 17.6 Å². The predicted molar refractivity (Wildman–Crippen MR) is 59.8 cm³/mol. The monoisotopic (exact) mass is 328 g/mol. The number of hydrogen-bond donors (Lipinski definition) is 0. The zero-order valence-corrected chi connectivity index (χ0v) is 11.4. The van der Waals surface area contributed by atoms with Gasteiger partial charge in [0.1, 0.15) is 6.10 Å². The van der Waals surface area contributed by atoms with E-state index in [2.05, 4.69) is 21.0 Å². The second kappa shape index (κ2) is 4.50. The van der Waals surface area contributed by atoms with Crippen LogP contribution in [0.1, 0.15) is 19.5 Å². The average molecular weight is 329 g/mol. The fraction of sp³-hybridized carbons (Fsp3) is 0.700. The van der Waals surface area contributed by atoms with E-state index in [0.29, 0.717) is 0 Å². The maximum atomic E-state index is 12.8. The lowest BCUT2D eigenvalue weighted by Crippen LogP contribution is -2.26. The Morgan fingerprint density at radius 2 is 2.22 bits per heavy atom. The molecule has 8 heteroatoms. The summed E-state index contributed by atoms with van der Waals surface area (Å²) in [5, 5.41) is 3.71. The average Bonchev–Trinajstić information content (AvgIpc) is 2.69. The Bertz CT molecular complexity index is 445. The van der Waals surface area contributed by atoms with Gasteiger partial charge in [-0.05, 0) is 29.8 Å². The summed E-state index contributed by atoms with van der Waals surface area (Å²) < 4.78 is 50.0. The van der Waals surface area contributed by atoms with Crippen molar-refractivity contribution in [2.24, 2.45) is 0 Å². The van der Waals surface area contributed by atoms with E-state index in [9.17, 15) is 13.2 Å². The Morgan fingerprint density at radius 3 is 2.72 bits per heavy atom. The number of nitrogens with zero attached hydrogens (tertiary/aromatic N) is 2. The summed E-state index contributed by atoms with van der Waals surface area (Å²) in [6.07, 6.45) is -3.76. The number of halogens is 4. The first-order valence-electron chi connectivity index (χ1n) is 5.29. The van der Waals surface area contributed by atoms with Crippen LogP contribution in [0, 0.1) is 0 Å². The first-order valence-corrected chi connectivity index (χ1v) is 6.08. The van der Waals surface area contributed by atoms with E-state index in [0.717, 1.165) is 10.9 Å². The largest absolute Gasteiger partial charge is 0.434 e. The first kappa shape index (κ1) is 13.8. The standard InChI is InChI=1S/C10H12BrF3N2O2/c1-9(2)17-5-6(18-9)4-16-8(10(12,13)14)7(11)3-15-16/h3,6H,4-5H2,1-2H3/t6-/m1/s1. The molecule has 0 amide bonds. The number of ether oxygens (including phenoxy) is 2. The lowest BCUT2D eigenvalue weighted by atomic mass is 10.3. The summed E-state index contributed by atoms with van der Waals surface area (Å²) in [5.74, 6) is -0.757. The summed E-state index contributed by atoms with van der Waals surface area (Å²) in [5.41, 5.74) is -0.809. The normalized spacial score (nSPS) is 23.6. The molecule has 0 spiro atoms. The molecule has 0 saturated carbocycles. The molecule has 2 rings (SSSR count). The molecule has 18 heavy (non-hydrogen) atoms. The molecular formula is C10H12BrF3N2O2. The molecule has 1 aliphatic heterocycles. The van der Waals surface area contributed by atoms with E-state index in [1.54, 1.807) is 13.8 Å². The Morgan fingerprint density at radius 1 is 1.56 bits per heavy atom. The molecule has 1 atom stereocenters. The third-order valence-corrected chi connectivity index (χ3v) is 3.09. The summed E-state index contributed by atoms with van der Waals surface area (Å²) >= 11 is 2.85. The van der Waals surface area contributed by atoms with Crippen molar-refractivity contribution < 1.29 is 22.6 Å². The number of aromatic nitrogens is 2. The molecule has 102 valence electrons. The number of rotatable bonds is 2. The van der Waals surface area contributed by atoms with E-state index in [4.69, 9.17) is 9.47 Å². The van der Waals surface area contributed by atoms with Gasteiger partial charge in [0, 0.05) is 0 Å². The summed E-state index contributed by atoms with van der Waals surface area (Å²) in [4.78, 5) is 0. The van der Waals surface area contributed by atoms with E-state index in [1.165, 1.54) is 0 Å². The van der Waals surface area contributed by atoms with Crippen LogP contribution < -0.4 is 0 Å². The molecule has 1 saturated heterocycles. The SMILES string of the molecule is CC1(C)OC[C@@H](Cn2ncc(Br)c2C(F)(F)F)O1. The molecule has 1 aromatic rings. The molecule has 2 heterocycles. The summed E-state index contributed by atoms with van der Waals surface area (Å²) in [7, 11) is 0. The van der Waals surface area contributed by atoms with Gasteiger partial charge in [-0.25, -0.2) is 0 Å². The number of alkyl halides is 3. The fourth-order valence-electron chi connectivity index (χ4n) is 1.83. The van der Waals surface area contributed by atoms with Gasteiger partial charge in [-0.3, -0.25) is 4.68 Å². The van der Waals surface area contributed by atoms with Gasteiger partial charge in [0.2, 0.25) is 0 Å². The topological polar surface area (TPSA) is 36.3 Å². The van der Waals surface area contributed by atoms with Crippen LogP contribution in [0.2, 0.25) is 0 Å². The van der Waals surface area contributed by atoms with Crippen LogP contribution in [0.3, 0.4) is 0 Å². The van der Waals surface area contributed by atoms with E-state index in [1.807, 2.05) is 0 Å². The first-order chi connectivity index (χ1) is 8.19. The van der Waals surface area contributed by atoms with Crippen LogP contribution in [0.5, 0.6) is 0 Å². The third-order valence-electron chi connectivity index (χ3n) is 2.51. The third kappa shape index (κ3) is 2.86. The minimum absolute atomic E-state index is 0.00384. The summed E-state index contributed by atoms with van der Waals surface area (Å²) in [6.45, 7) is 3.69. The molecule has 0 unspecified atom stereocenters. The Labute approximate surface area is 110 Å². The number of hydrogen-bond acceptors (Lipinski definition) is 3. The quantitative estimate of drug-likeness (QED) is 0.837. The molecule has 1 aromatic heterocycles. The maximum absolute atomic E-state index is 12.8. The van der Waals surface area contributed by atoms with Crippen molar-refractivity contribution in [1.29, 1.82) is 0 Å². The Kier molecular flexibility index (Phi) is 3.46. The van der Waals surface area contributed by atoms with Gasteiger partial charge in [0.15, 0.2) is 11.5 Å². The molecule has 0 aromatic carbocycles. The fourth-order valence-corrected chi connectivity index (χ4v) is 2.35. The van der Waals surface area contributed by atoms with E-state index < -0.39 is 23.8 Å². The highest BCUT2D eigenvalue weighted by Gasteiger charge is 2.39. The molecule has 0 radical (unpaired) electrons. The van der Waals surface area contributed by atoms with Crippen LogP contribution in [-0.4, -0.2) is 28.3 Å². The van der Waals surface area contributed by atoms with Gasteiger partial charge in [-0.2, -0.15) is 18.3 Å². The van der Waals surface area contributed by atoms with Crippen molar-refractivity contribution in [2.75, 3.05) is 6.61 Å².